The number of furan rings is 1. The molecule has 1 atom stereocenters. The number of hydrogen-bond donors (Lipinski definition) is 2. The maximum Gasteiger partial charge on any atom is 0.321 e. The van der Waals surface area contributed by atoms with E-state index in [9.17, 15) is 9.59 Å². The fourth-order valence-electron chi connectivity index (χ4n) is 3.38. The molecule has 1 aliphatic rings. The van der Waals surface area contributed by atoms with Gasteiger partial charge in [0, 0.05) is 12.6 Å². The van der Waals surface area contributed by atoms with E-state index in [1.54, 1.807) is 19.3 Å². The van der Waals surface area contributed by atoms with Crippen LogP contribution >= 0.6 is 11.8 Å². The number of thioether (sulfide) groups is 1. The second-order valence-electron chi connectivity index (χ2n) is 7.15. The third-order valence-electron chi connectivity index (χ3n) is 4.96. The molecule has 0 radical (unpaired) electrons. The zero-order valence-corrected chi connectivity index (χ0v) is 17.6. The van der Waals surface area contributed by atoms with Crippen molar-refractivity contribution in [2.75, 3.05) is 0 Å². The molecule has 2 aromatic rings. The summed E-state index contributed by atoms with van der Waals surface area (Å²) in [6, 6.07) is 1.55. The monoisotopic (exact) mass is 417 g/mol. The van der Waals surface area contributed by atoms with E-state index in [0.29, 0.717) is 17.5 Å². The van der Waals surface area contributed by atoms with Crippen LogP contribution in [0.3, 0.4) is 0 Å². The fraction of sp³-hybridized carbons (Fsp3) is 0.500. The van der Waals surface area contributed by atoms with Gasteiger partial charge in [-0.1, -0.05) is 37.1 Å². The van der Waals surface area contributed by atoms with Crippen molar-refractivity contribution in [1.82, 2.24) is 25.4 Å². The van der Waals surface area contributed by atoms with Gasteiger partial charge < -0.3 is 9.73 Å². The van der Waals surface area contributed by atoms with Crippen LogP contribution in [0.2, 0.25) is 0 Å². The number of rotatable bonds is 7. The highest BCUT2D eigenvalue weighted by molar-refractivity contribution is 8.00. The molecule has 0 spiro atoms. The maximum absolute atomic E-state index is 12.5. The lowest BCUT2D eigenvalue weighted by Crippen LogP contribution is -2.47. The fourth-order valence-corrected chi connectivity index (χ4v) is 4.24. The summed E-state index contributed by atoms with van der Waals surface area (Å²) in [5.41, 5.74) is 0.843. The summed E-state index contributed by atoms with van der Waals surface area (Å²) >= 11 is 1.25. The van der Waals surface area contributed by atoms with Crippen LogP contribution in [0.25, 0.3) is 11.4 Å². The van der Waals surface area contributed by atoms with E-state index in [1.807, 2.05) is 17.6 Å². The summed E-state index contributed by atoms with van der Waals surface area (Å²) in [4.78, 5) is 24.6. The summed E-state index contributed by atoms with van der Waals surface area (Å²) in [5.74, 6) is 1.03. The number of nitrogens with zero attached hydrogens (tertiary/aromatic N) is 3. The maximum atomic E-state index is 12.5. The largest absolute Gasteiger partial charge is 0.469 e. The van der Waals surface area contributed by atoms with E-state index in [1.165, 1.54) is 18.2 Å². The van der Waals surface area contributed by atoms with E-state index in [-0.39, 0.29) is 11.9 Å². The summed E-state index contributed by atoms with van der Waals surface area (Å²) in [7, 11) is 0. The first kappa shape index (κ1) is 21.2. The van der Waals surface area contributed by atoms with Crippen LogP contribution in [0.15, 0.2) is 34.6 Å². The van der Waals surface area contributed by atoms with Crippen molar-refractivity contribution in [3.63, 3.8) is 0 Å². The van der Waals surface area contributed by atoms with Gasteiger partial charge in [0.25, 0.3) is 0 Å². The van der Waals surface area contributed by atoms with Crippen molar-refractivity contribution in [1.29, 1.82) is 0 Å². The first-order chi connectivity index (χ1) is 14.0. The lowest BCUT2D eigenvalue weighted by molar-refractivity contribution is -0.119. The van der Waals surface area contributed by atoms with Crippen molar-refractivity contribution in [2.45, 2.75) is 68.9 Å². The SMILES string of the molecule is C=CCn1c(S[C@H](C)C(=O)NC(=O)NC2CCCCC2)nnc1-c1ccoc1C. The summed E-state index contributed by atoms with van der Waals surface area (Å²) in [6.45, 7) is 7.88. The molecule has 156 valence electrons. The summed E-state index contributed by atoms with van der Waals surface area (Å²) < 4.78 is 7.24. The lowest BCUT2D eigenvalue weighted by Gasteiger charge is -2.23. The molecule has 1 aliphatic carbocycles. The highest BCUT2D eigenvalue weighted by atomic mass is 32.2. The molecule has 0 saturated heterocycles. The van der Waals surface area contributed by atoms with Crippen LogP contribution in [0.1, 0.15) is 44.8 Å². The Kier molecular flexibility index (Phi) is 7.13. The van der Waals surface area contributed by atoms with Gasteiger partial charge >= 0.3 is 6.03 Å². The highest BCUT2D eigenvalue weighted by Gasteiger charge is 2.24. The number of carbonyl (C=O) groups is 2. The van der Waals surface area contributed by atoms with E-state index in [4.69, 9.17) is 4.42 Å². The van der Waals surface area contributed by atoms with Crippen LogP contribution in [-0.2, 0) is 11.3 Å². The van der Waals surface area contributed by atoms with Crippen LogP contribution in [0.4, 0.5) is 4.79 Å². The Morgan fingerprint density at radius 3 is 2.79 bits per heavy atom. The third kappa shape index (κ3) is 5.29. The van der Waals surface area contributed by atoms with E-state index in [2.05, 4.69) is 27.4 Å². The predicted octanol–water partition coefficient (Wildman–Crippen LogP) is 3.67. The molecular weight excluding hydrogens is 390 g/mol. The van der Waals surface area contributed by atoms with Gasteiger partial charge in [0.2, 0.25) is 5.91 Å². The molecule has 1 saturated carbocycles. The zero-order valence-electron chi connectivity index (χ0n) is 16.8. The average Bonchev–Trinajstić information content (AvgIpc) is 3.28. The number of amides is 3. The molecule has 29 heavy (non-hydrogen) atoms. The number of aryl methyl sites for hydroxylation is 1. The zero-order chi connectivity index (χ0) is 20.8. The Hall–Kier alpha value is -2.55. The molecule has 3 amide bonds. The predicted molar refractivity (Wildman–Crippen MR) is 112 cm³/mol. The molecule has 0 aliphatic heterocycles. The molecule has 2 aromatic heterocycles. The summed E-state index contributed by atoms with van der Waals surface area (Å²) in [5, 5.41) is 13.9. The van der Waals surface area contributed by atoms with Gasteiger partial charge in [0.15, 0.2) is 11.0 Å². The number of allylic oxidation sites excluding steroid dienone is 1. The van der Waals surface area contributed by atoms with E-state index < -0.39 is 11.3 Å². The molecule has 9 heteroatoms. The number of hydrogen-bond acceptors (Lipinski definition) is 6. The van der Waals surface area contributed by atoms with Gasteiger partial charge in [-0.25, -0.2) is 4.79 Å². The van der Waals surface area contributed by atoms with Gasteiger partial charge in [-0.05, 0) is 32.8 Å². The second kappa shape index (κ2) is 9.78. The number of carbonyl (C=O) groups excluding carboxylic acids is 2. The van der Waals surface area contributed by atoms with Gasteiger partial charge in [-0.3, -0.25) is 14.7 Å². The van der Waals surface area contributed by atoms with E-state index >= 15 is 0 Å². The molecule has 2 heterocycles. The third-order valence-corrected chi connectivity index (χ3v) is 6.04. The van der Waals surface area contributed by atoms with Crippen LogP contribution in [0, 0.1) is 6.92 Å². The number of imide groups is 1. The second-order valence-corrected chi connectivity index (χ2v) is 8.46. The molecule has 1 fully saturated rings. The first-order valence-corrected chi connectivity index (χ1v) is 10.7. The molecule has 2 N–H and O–H groups in total. The van der Waals surface area contributed by atoms with Crippen molar-refractivity contribution in [3.05, 3.63) is 30.7 Å². The van der Waals surface area contributed by atoms with Gasteiger partial charge in [0.1, 0.15) is 5.76 Å². The Labute approximate surface area is 174 Å². The molecular formula is C20H27N5O3S. The van der Waals surface area contributed by atoms with Gasteiger partial charge in [-0.2, -0.15) is 0 Å². The molecule has 3 rings (SSSR count). The molecule has 8 nitrogen and oxygen atoms in total. The Morgan fingerprint density at radius 1 is 1.38 bits per heavy atom. The van der Waals surface area contributed by atoms with Crippen molar-refractivity contribution in [3.8, 4) is 11.4 Å². The van der Waals surface area contributed by atoms with Crippen LogP contribution in [0.5, 0.6) is 0 Å². The number of urea groups is 1. The Balaban J connectivity index is 1.63. The van der Waals surface area contributed by atoms with Crippen molar-refractivity contribution in [2.24, 2.45) is 0 Å². The minimum atomic E-state index is -0.516. The highest BCUT2D eigenvalue weighted by Crippen LogP contribution is 2.29. The Morgan fingerprint density at radius 2 is 2.14 bits per heavy atom. The van der Waals surface area contributed by atoms with Gasteiger partial charge in [0.05, 0.1) is 17.1 Å². The van der Waals surface area contributed by atoms with Crippen molar-refractivity contribution >= 4 is 23.7 Å². The smallest absolute Gasteiger partial charge is 0.321 e. The minimum Gasteiger partial charge on any atom is -0.469 e. The lowest BCUT2D eigenvalue weighted by atomic mass is 9.96. The molecule has 0 bridgehead atoms. The number of aromatic nitrogens is 3. The number of nitrogens with one attached hydrogen (secondary N) is 2. The standard InChI is InChI=1S/C20H27N5O3S/c1-4-11-25-17(16-10-12-28-13(16)2)23-24-20(25)29-14(3)18(26)22-19(27)21-15-8-6-5-7-9-15/h4,10,12,14-15H,1,5-9,11H2,2-3H3,(H2,21,22,26,27)/t14-/m1/s1. The minimum absolute atomic E-state index is 0.149. The van der Waals surface area contributed by atoms with Crippen molar-refractivity contribution < 1.29 is 14.0 Å². The normalized spacial score (nSPS) is 15.7. The van der Waals surface area contributed by atoms with E-state index in [0.717, 1.165) is 37.0 Å². The molecule has 0 aromatic carbocycles. The quantitative estimate of drug-likeness (QED) is 0.526. The topological polar surface area (TPSA) is 102 Å². The first-order valence-electron chi connectivity index (χ1n) is 9.86. The Bertz CT molecular complexity index is 869. The summed E-state index contributed by atoms with van der Waals surface area (Å²) in [6.07, 6.45) is 8.71. The molecule has 0 unspecified atom stereocenters. The van der Waals surface area contributed by atoms with Gasteiger partial charge in [-0.15, -0.1) is 16.8 Å². The van der Waals surface area contributed by atoms with Crippen LogP contribution in [-0.4, -0.2) is 38.0 Å². The average molecular weight is 418 g/mol. The van der Waals surface area contributed by atoms with Crippen LogP contribution < -0.4 is 10.6 Å².